The molecular formula is C17H20ClN3O2. The standard InChI is InChI=1S/C17H20ClN3O2/c1-17(2,3)23-16(22)19-9-5-6-13-11-20-21(12-13)15-8-4-7-14(18)10-15/h4-8,10-12H,9H2,1-3H3,(H,19,22). The molecule has 0 fully saturated rings. The molecule has 5 nitrogen and oxygen atoms in total. The van der Waals surface area contributed by atoms with Crippen LogP contribution in [0, 0.1) is 0 Å². The number of aromatic nitrogens is 2. The molecule has 0 bridgehead atoms. The van der Waals surface area contributed by atoms with E-state index in [4.69, 9.17) is 16.3 Å². The van der Waals surface area contributed by atoms with Crippen molar-refractivity contribution in [2.75, 3.05) is 6.54 Å². The van der Waals surface area contributed by atoms with E-state index in [0.29, 0.717) is 11.6 Å². The number of nitrogens with one attached hydrogen (secondary N) is 1. The van der Waals surface area contributed by atoms with Gasteiger partial charge >= 0.3 is 6.09 Å². The molecule has 0 aliphatic carbocycles. The van der Waals surface area contributed by atoms with E-state index in [1.165, 1.54) is 0 Å². The minimum atomic E-state index is -0.494. The van der Waals surface area contributed by atoms with E-state index in [1.54, 1.807) is 10.9 Å². The van der Waals surface area contributed by atoms with Crippen LogP contribution in [0.1, 0.15) is 26.3 Å². The predicted octanol–water partition coefficient (Wildman–Crippen LogP) is 4.06. The van der Waals surface area contributed by atoms with Gasteiger partial charge in [0.2, 0.25) is 0 Å². The Morgan fingerprint density at radius 1 is 1.43 bits per heavy atom. The number of amides is 1. The molecule has 2 aromatic rings. The summed E-state index contributed by atoms with van der Waals surface area (Å²) >= 11 is 5.97. The lowest BCUT2D eigenvalue weighted by molar-refractivity contribution is 0.0534. The monoisotopic (exact) mass is 333 g/mol. The number of nitrogens with zero attached hydrogens (tertiary/aromatic N) is 2. The van der Waals surface area contributed by atoms with E-state index in [-0.39, 0.29) is 0 Å². The summed E-state index contributed by atoms with van der Waals surface area (Å²) in [5, 5.41) is 7.61. The molecule has 0 spiro atoms. The molecule has 1 aromatic heterocycles. The van der Waals surface area contributed by atoms with E-state index in [1.807, 2.05) is 63.4 Å². The van der Waals surface area contributed by atoms with Gasteiger partial charge in [-0.15, -0.1) is 0 Å². The summed E-state index contributed by atoms with van der Waals surface area (Å²) in [6.07, 6.45) is 6.91. The lowest BCUT2D eigenvalue weighted by Crippen LogP contribution is -2.32. The Balaban J connectivity index is 1.88. The molecule has 0 atom stereocenters. The normalized spacial score (nSPS) is 11.7. The highest BCUT2D eigenvalue weighted by Gasteiger charge is 2.14. The maximum atomic E-state index is 11.5. The number of hydrogen-bond acceptors (Lipinski definition) is 3. The van der Waals surface area contributed by atoms with Gasteiger partial charge in [0.05, 0.1) is 11.9 Å². The van der Waals surface area contributed by atoms with Crippen LogP contribution in [-0.4, -0.2) is 28.0 Å². The fraction of sp³-hybridized carbons (Fsp3) is 0.294. The molecule has 6 heteroatoms. The molecule has 0 saturated carbocycles. The van der Waals surface area contributed by atoms with Gasteiger partial charge in [-0.3, -0.25) is 0 Å². The van der Waals surface area contributed by atoms with Gasteiger partial charge in [0, 0.05) is 23.3 Å². The second kappa shape index (κ2) is 7.33. The Morgan fingerprint density at radius 2 is 2.22 bits per heavy atom. The molecule has 0 radical (unpaired) electrons. The fourth-order valence-electron chi connectivity index (χ4n) is 1.83. The first-order chi connectivity index (χ1) is 10.8. The van der Waals surface area contributed by atoms with E-state index in [9.17, 15) is 4.79 Å². The minimum Gasteiger partial charge on any atom is -0.444 e. The second-order valence-corrected chi connectivity index (χ2v) is 6.42. The molecule has 0 saturated heterocycles. The van der Waals surface area contributed by atoms with Crippen molar-refractivity contribution in [1.29, 1.82) is 0 Å². The Kier molecular flexibility index (Phi) is 5.45. The summed E-state index contributed by atoms with van der Waals surface area (Å²) in [6, 6.07) is 7.46. The Labute approximate surface area is 140 Å². The number of benzene rings is 1. The van der Waals surface area contributed by atoms with Crippen LogP contribution in [0.2, 0.25) is 5.02 Å². The number of rotatable bonds is 4. The number of carbonyl (C=O) groups is 1. The van der Waals surface area contributed by atoms with Crippen molar-refractivity contribution in [3.63, 3.8) is 0 Å². The molecule has 23 heavy (non-hydrogen) atoms. The lowest BCUT2D eigenvalue weighted by atomic mass is 10.2. The molecule has 0 aliphatic rings. The van der Waals surface area contributed by atoms with Gasteiger partial charge < -0.3 is 10.1 Å². The molecule has 0 unspecified atom stereocenters. The summed E-state index contributed by atoms with van der Waals surface area (Å²) in [4.78, 5) is 11.5. The van der Waals surface area contributed by atoms with Gasteiger partial charge in [-0.25, -0.2) is 9.48 Å². The average molecular weight is 334 g/mol. The van der Waals surface area contributed by atoms with Crippen molar-refractivity contribution < 1.29 is 9.53 Å². The first-order valence-corrected chi connectivity index (χ1v) is 7.65. The summed E-state index contributed by atoms with van der Waals surface area (Å²) < 4.78 is 6.89. The van der Waals surface area contributed by atoms with Crippen LogP contribution in [0.5, 0.6) is 0 Å². The third-order valence-electron chi connectivity index (χ3n) is 2.75. The van der Waals surface area contributed by atoms with Gasteiger partial charge in [-0.2, -0.15) is 5.10 Å². The van der Waals surface area contributed by atoms with Crippen LogP contribution < -0.4 is 5.32 Å². The van der Waals surface area contributed by atoms with Crippen molar-refractivity contribution in [3.8, 4) is 5.69 Å². The molecule has 1 amide bonds. The van der Waals surface area contributed by atoms with Crippen LogP contribution in [-0.2, 0) is 4.74 Å². The number of halogens is 1. The van der Waals surface area contributed by atoms with Crippen molar-refractivity contribution in [2.24, 2.45) is 0 Å². The zero-order valence-corrected chi connectivity index (χ0v) is 14.2. The number of alkyl carbamates (subject to hydrolysis) is 1. The average Bonchev–Trinajstić information content (AvgIpc) is 2.90. The van der Waals surface area contributed by atoms with E-state index in [0.717, 1.165) is 11.3 Å². The number of ether oxygens (including phenoxy) is 1. The number of hydrogen-bond donors (Lipinski definition) is 1. The number of carbonyl (C=O) groups excluding carboxylic acids is 1. The van der Waals surface area contributed by atoms with Gasteiger partial charge in [0.1, 0.15) is 5.60 Å². The van der Waals surface area contributed by atoms with Gasteiger partial charge in [0.25, 0.3) is 0 Å². The van der Waals surface area contributed by atoms with Crippen molar-refractivity contribution in [2.45, 2.75) is 26.4 Å². The SMILES string of the molecule is CC(C)(C)OC(=O)NCC=Cc1cnn(-c2cccc(Cl)c2)c1. The van der Waals surface area contributed by atoms with Crippen LogP contribution in [0.15, 0.2) is 42.7 Å². The second-order valence-electron chi connectivity index (χ2n) is 5.98. The Hall–Kier alpha value is -2.27. The topological polar surface area (TPSA) is 56.1 Å². The highest BCUT2D eigenvalue weighted by atomic mass is 35.5. The molecule has 0 aliphatic heterocycles. The zero-order valence-electron chi connectivity index (χ0n) is 13.4. The van der Waals surface area contributed by atoms with E-state index >= 15 is 0 Å². The van der Waals surface area contributed by atoms with E-state index < -0.39 is 11.7 Å². The quantitative estimate of drug-likeness (QED) is 0.917. The summed E-state index contributed by atoms with van der Waals surface area (Å²) in [5.41, 5.74) is 1.33. The van der Waals surface area contributed by atoms with Crippen molar-refractivity contribution in [1.82, 2.24) is 15.1 Å². The predicted molar refractivity (Wildman–Crippen MR) is 91.8 cm³/mol. The molecular weight excluding hydrogens is 314 g/mol. The molecule has 1 N–H and O–H groups in total. The van der Waals surface area contributed by atoms with Crippen LogP contribution in [0.4, 0.5) is 4.79 Å². The molecule has 1 aromatic carbocycles. The Morgan fingerprint density at radius 3 is 2.91 bits per heavy atom. The summed E-state index contributed by atoms with van der Waals surface area (Å²) in [5.74, 6) is 0. The van der Waals surface area contributed by atoms with Crippen LogP contribution in [0.3, 0.4) is 0 Å². The molecule has 1 heterocycles. The smallest absolute Gasteiger partial charge is 0.407 e. The van der Waals surface area contributed by atoms with Crippen molar-refractivity contribution >= 4 is 23.8 Å². The summed E-state index contributed by atoms with van der Waals surface area (Å²) in [7, 11) is 0. The fourth-order valence-corrected chi connectivity index (χ4v) is 2.02. The van der Waals surface area contributed by atoms with Gasteiger partial charge in [-0.1, -0.05) is 29.8 Å². The maximum Gasteiger partial charge on any atom is 0.407 e. The van der Waals surface area contributed by atoms with Gasteiger partial charge in [0.15, 0.2) is 0 Å². The first-order valence-electron chi connectivity index (χ1n) is 7.27. The van der Waals surface area contributed by atoms with Gasteiger partial charge in [-0.05, 0) is 39.0 Å². The highest BCUT2D eigenvalue weighted by Crippen LogP contribution is 2.15. The lowest BCUT2D eigenvalue weighted by Gasteiger charge is -2.19. The van der Waals surface area contributed by atoms with Crippen molar-refractivity contribution in [3.05, 3.63) is 53.3 Å². The first kappa shape index (κ1) is 17.1. The van der Waals surface area contributed by atoms with Crippen LogP contribution >= 0.6 is 11.6 Å². The maximum absolute atomic E-state index is 11.5. The summed E-state index contributed by atoms with van der Waals surface area (Å²) in [6.45, 7) is 5.86. The third-order valence-corrected chi connectivity index (χ3v) is 2.98. The van der Waals surface area contributed by atoms with E-state index in [2.05, 4.69) is 10.4 Å². The Bertz CT molecular complexity index is 702. The minimum absolute atomic E-state index is 0.386. The largest absolute Gasteiger partial charge is 0.444 e. The third kappa shape index (κ3) is 5.79. The van der Waals surface area contributed by atoms with Crippen LogP contribution in [0.25, 0.3) is 11.8 Å². The molecule has 122 valence electrons. The highest BCUT2D eigenvalue weighted by molar-refractivity contribution is 6.30. The zero-order chi connectivity index (χ0) is 16.9. The molecule has 2 rings (SSSR count).